The number of nitriles is 1. The van der Waals surface area contributed by atoms with Crippen molar-refractivity contribution in [1.82, 2.24) is 5.32 Å². The number of nitrogens with zero attached hydrogens (tertiary/aromatic N) is 2. The number of non-ortho nitro benzene ring substituents is 1. The highest BCUT2D eigenvalue weighted by Gasteiger charge is 2.12. The Kier molecular flexibility index (Phi) is 7.76. The molecular formula is C25H21N3O5. The van der Waals surface area contributed by atoms with Crippen LogP contribution < -0.4 is 14.8 Å². The SMILES string of the molecule is COc1cc(/C=C(/C#N)C(=O)NCc2ccccc2)ccc1OCc1cccc([N+](=O)[O-])c1. The molecule has 0 aliphatic rings. The summed E-state index contributed by atoms with van der Waals surface area (Å²) in [5, 5.41) is 23.1. The normalized spacial score (nSPS) is 10.7. The van der Waals surface area contributed by atoms with Crippen molar-refractivity contribution in [2.45, 2.75) is 13.2 Å². The molecule has 0 radical (unpaired) electrons. The van der Waals surface area contributed by atoms with Crippen LogP contribution in [0.5, 0.6) is 11.5 Å². The van der Waals surface area contributed by atoms with Gasteiger partial charge in [-0.15, -0.1) is 0 Å². The zero-order chi connectivity index (χ0) is 23.6. The van der Waals surface area contributed by atoms with Gasteiger partial charge in [-0.2, -0.15) is 5.26 Å². The minimum Gasteiger partial charge on any atom is -0.493 e. The van der Waals surface area contributed by atoms with Crippen LogP contribution in [0.2, 0.25) is 0 Å². The van der Waals surface area contributed by atoms with Crippen molar-refractivity contribution >= 4 is 17.7 Å². The molecule has 0 atom stereocenters. The van der Waals surface area contributed by atoms with E-state index >= 15 is 0 Å². The van der Waals surface area contributed by atoms with Crippen molar-refractivity contribution in [3.05, 3.63) is 105 Å². The fourth-order valence-corrected chi connectivity index (χ4v) is 3.00. The molecule has 8 nitrogen and oxygen atoms in total. The number of carbonyl (C=O) groups excluding carboxylic acids is 1. The second-order valence-corrected chi connectivity index (χ2v) is 6.96. The van der Waals surface area contributed by atoms with E-state index in [-0.39, 0.29) is 17.9 Å². The Morgan fingerprint density at radius 2 is 1.82 bits per heavy atom. The third kappa shape index (κ3) is 6.42. The summed E-state index contributed by atoms with van der Waals surface area (Å²) < 4.78 is 11.1. The second kappa shape index (κ2) is 11.1. The molecule has 0 aliphatic heterocycles. The van der Waals surface area contributed by atoms with Gasteiger partial charge in [0.25, 0.3) is 11.6 Å². The van der Waals surface area contributed by atoms with Gasteiger partial charge in [0, 0.05) is 18.7 Å². The molecule has 3 aromatic rings. The van der Waals surface area contributed by atoms with Crippen LogP contribution in [-0.2, 0) is 17.9 Å². The lowest BCUT2D eigenvalue weighted by molar-refractivity contribution is -0.384. The summed E-state index contributed by atoms with van der Waals surface area (Å²) in [6.07, 6.45) is 1.47. The first-order chi connectivity index (χ1) is 16.0. The van der Waals surface area contributed by atoms with Crippen molar-refractivity contribution in [2.24, 2.45) is 0 Å². The van der Waals surface area contributed by atoms with Crippen LogP contribution in [0, 0.1) is 21.4 Å². The molecule has 0 aromatic heterocycles. The smallest absolute Gasteiger partial charge is 0.269 e. The third-order valence-corrected chi connectivity index (χ3v) is 4.68. The Labute approximate surface area is 190 Å². The molecule has 166 valence electrons. The van der Waals surface area contributed by atoms with Crippen molar-refractivity contribution < 1.29 is 19.2 Å². The van der Waals surface area contributed by atoms with E-state index in [1.54, 1.807) is 30.3 Å². The van der Waals surface area contributed by atoms with Crippen molar-refractivity contribution in [3.8, 4) is 17.6 Å². The van der Waals surface area contributed by atoms with Gasteiger partial charge in [-0.05, 0) is 34.9 Å². The molecule has 0 bridgehead atoms. The van der Waals surface area contributed by atoms with Gasteiger partial charge in [0.05, 0.1) is 12.0 Å². The van der Waals surface area contributed by atoms with Crippen LogP contribution in [-0.4, -0.2) is 17.9 Å². The molecule has 0 aliphatic carbocycles. The van der Waals surface area contributed by atoms with Crippen LogP contribution in [0.15, 0.2) is 78.4 Å². The first-order valence-corrected chi connectivity index (χ1v) is 9.98. The number of nitro groups is 1. The van der Waals surface area contributed by atoms with Crippen LogP contribution in [0.3, 0.4) is 0 Å². The van der Waals surface area contributed by atoms with E-state index < -0.39 is 10.8 Å². The monoisotopic (exact) mass is 443 g/mol. The molecule has 0 saturated carbocycles. The lowest BCUT2D eigenvalue weighted by Gasteiger charge is -2.12. The maximum Gasteiger partial charge on any atom is 0.269 e. The van der Waals surface area contributed by atoms with Gasteiger partial charge in [-0.3, -0.25) is 14.9 Å². The molecule has 1 N–H and O–H groups in total. The molecule has 0 fully saturated rings. The topological polar surface area (TPSA) is 114 Å². The fourth-order valence-electron chi connectivity index (χ4n) is 3.00. The largest absolute Gasteiger partial charge is 0.493 e. The number of nitro benzene ring substituents is 1. The van der Waals surface area contributed by atoms with E-state index in [9.17, 15) is 20.2 Å². The molecule has 33 heavy (non-hydrogen) atoms. The molecule has 3 aromatic carbocycles. The lowest BCUT2D eigenvalue weighted by Crippen LogP contribution is -2.23. The van der Waals surface area contributed by atoms with Crippen molar-refractivity contribution in [2.75, 3.05) is 7.11 Å². The summed E-state index contributed by atoms with van der Waals surface area (Å²) in [5.41, 5.74) is 2.09. The first kappa shape index (κ1) is 23.0. The molecule has 8 heteroatoms. The predicted octanol–water partition coefficient (Wildman–Crippen LogP) is 4.41. The number of benzene rings is 3. The third-order valence-electron chi connectivity index (χ3n) is 4.68. The molecule has 3 rings (SSSR count). The molecule has 1 amide bonds. The summed E-state index contributed by atoms with van der Waals surface area (Å²) in [5.74, 6) is 0.343. The van der Waals surface area contributed by atoms with Crippen LogP contribution >= 0.6 is 0 Å². The quantitative estimate of drug-likeness (QED) is 0.227. The molecule has 0 spiro atoms. The Hall–Kier alpha value is -4.64. The molecular weight excluding hydrogens is 422 g/mol. The number of amides is 1. The zero-order valence-corrected chi connectivity index (χ0v) is 17.9. The highest BCUT2D eigenvalue weighted by Crippen LogP contribution is 2.30. The number of rotatable bonds is 9. The first-order valence-electron chi connectivity index (χ1n) is 9.98. The van der Waals surface area contributed by atoms with Gasteiger partial charge >= 0.3 is 0 Å². The average molecular weight is 443 g/mol. The lowest BCUT2D eigenvalue weighted by atomic mass is 10.1. The standard InChI is InChI=1S/C25H21N3O5/c1-32-24-14-19(12-21(15-26)25(29)27-16-18-6-3-2-4-7-18)10-11-23(24)33-17-20-8-5-9-22(13-20)28(30)31/h2-14H,16-17H2,1H3,(H,27,29)/b21-12-. The zero-order valence-electron chi connectivity index (χ0n) is 17.9. The van der Waals surface area contributed by atoms with Gasteiger partial charge in [0.2, 0.25) is 0 Å². The van der Waals surface area contributed by atoms with Crippen LogP contribution in [0.1, 0.15) is 16.7 Å². The number of hydrogen-bond donors (Lipinski definition) is 1. The summed E-state index contributed by atoms with van der Waals surface area (Å²) in [4.78, 5) is 22.9. The molecule has 0 heterocycles. The van der Waals surface area contributed by atoms with Crippen molar-refractivity contribution in [1.29, 1.82) is 5.26 Å². The van der Waals surface area contributed by atoms with Gasteiger partial charge in [0.15, 0.2) is 11.5 Å². The maximum absolute atomic E-state index is 12.4. The number of nitrogens with one attached hydrogen (secondary N) is 1. The van der Waals surface area contributed by atoms with Crippen LogP contribution in [0.4, 0.5) is 5.69 Å². The summed E-state index contributed by atoms with van der Waals surface area (Å²) in [6, 6.07) is 22.5. The van der Waals surface area contributed by atoms with Gasteiger partial charge < -0.3 is 14.8 Å². The van der Waals surface area contributed by atoms with E-state index in [0.29, 0.717) is 29.2 Å². The minimum atomic E-state index is -0.480. The Morgan fingerprint density at radius 3 is 2.52 bits per heavy atom. The number of methoxy groups -OCH3 is 1. The summed E-state index contributed by atoms with van der Waals surface area (Å²) in [6.45, 7) is 0.422. The minimum absolute atomic E-state index is 0.0156. The predicted molar refractivity (Wildman–Crippen MR) is 122 cm³/mol. The van der Waals surface area contributed by atoms with E-state index in [1.165, 1.54) is 25.3 Å². The van der Waals surface area contributed by atoms with Gasteiger partial charge in [-0.25, -0.2) is 0 Å². The Balaban J connectivity index is 1.70. The molecule has 0 unspecified atom stereocenters. The van der Waals surface area contributed by atoms with Crippen molar-refractivity contribution in [3.63, 3.8) is 0 Å². The second-order valence-electron chi connectivity index (χ2n) is 6.96. The number of hydrogen-bond acceptors (Lipinski definition) is 6. The maximum atomic E-state index is 12.4. The number of carbonyl (C=O) groups is 1. The van der Waals surface area contributed by atoms with E-state index in [2.05, 4.69) is 5.32 Å². The Bertz CT molecular complexity index is 1220. The fraction of sp³-hybridized carbons (Fsp3) is 0.120. The summed E-state index contributed by atoms with van der Waals surface area (Å²) in [7, 11) is 1.47. The number of ether oxygens (including phenoxy) is 2. The average Bonchev–Trinajstić information content (AvgIpc) is 2.85. The summed E-state index contributed by atoms with van der Waals surface area (Å²) >= 11 is 0. The highest BCUT2D eigenvalue weighted by molar-refractivity contribution is 6.01. The Morgan fingerprint density at radius 1 is 1.06 bits per heavy atom. The van der Waals surface area contributed by atoms with E-state index in [4.69, 9.17) is 9.47 Å². The highest BCUT2D eigenvalue weighted by atomic mass is 16.6. The van der Waals surface area contributed by atoms with E-state index in [0.717, 1.165) is 5.56 Å². The van der Waals surface area contributed by atoms with Gasteiger partial charge in [0.1, 0.15) is 18.2 Å². The van der Waals surface area contributed by atoms with Crippen LogP contribution in [0.25, 0.3) is 6.08 Å². The molecule has 0 saturated heterocycles. The van der Waals surface area contributed by atoms with Gasteiger partial charge in [-0.1, -0.05) is 48.5 Å². The van der Waals surface area contributed by atoms with E-state index in [1.807, 2.05) is 36.4 Å².